The molecule has 130 valence electrons. The maximum Gasteiger partial charge on any atom is 0.191 e. The summed E-state index contributed by atoms with van der Waals surface area (Å²) in [5, 5.41) is 15.7. The first-order valence-electron chi connectivity index (χ1n) is 8.47. The predicted octanol–water partition coefficient (Wildman–Crippen LogP) is 3.20. The maximum atomic E-state index is 13.4. The molecule has 23 heavy (non-hydrogen) atoms. The van der Waals surface area contributed by atoms with Gasteiger partial charge in [-0.25, -0.2) is 4.39 Å². The van der Waals surface area contributed by atoms with Gasteiger partial charge in [-0.2, -0.15) is 0 Å². The van der Waals surface area contributed by atoms with Crippen molar-refractivity contribution in [2.75, 3.05) is 13.6 Å². The number of nitrogens with zero attached hydrogens (tertiary/aromatic N) is 1. The average Bonchev–Trinajstić information content (AvgIpc) is 2.58. The number of rotatable bonds is 9. The van der Waals surface area contributed by atoms with Gasteiger partial charge in [0.2, 0.25) is 0 Å². The van der Waals surface area contributed by atoms with Gasteiger partial charge in [0.1, 0.15) is 5.82 Å². The second-order valence-electron chi connectivity index (χ2n) is 5.81. The fourth-order valence-corrected chi connectivity index (χ4v) is 2.45. The van der Waals surface area contributed by atoms with Crippen molar-refractivity contribution < 1.29 is 9.50 Å². The fourth-order valence-electron chi connectivity index (χ4n) is 2.45. The lowest BCUT2D eigenvalue weighted by molar-refractivity contribution is 0.275. The van der Waals surface area contributed by atoms with Crippen molar-refractivity contribution in [1.82, 2.24) is 10.6 Å². The van der Waals surface area contributed by atoms with E-state index in [4.69, 9.17) is 5.11 Å². The minimum Gasteiger partial charge on any atom is -0.392 e. The van der Waals surface area contributed by atoms with Gasteiger partial charge in [-0.05, 0) is 30.0 Å². The molecule has 1 aromatic carbocycles. The first-order chi connectivity index (χ1) is 11.1. The Labute approximate surface area is 139 Å². The maximum absolute atomic E-state index is 13.4. The van der Waals surface area contributed by atoms with E-state index in [0.717, 1.165) is 24.5 Å². The zero-order chi connectivity index (χ0) is 17.1. The zero-order valence-corrected chi connectivity index (χ0v) is 14.5. The number of aliphatic hydroxyl groups excluding tert-OH is 1. The molecule has 1 atom stereocenters. The van der Waals surface area contributed by atoms with E-state index < -0.39 is 0 Å². The molecule has 3 N–H and O–H groups in total. The van der Waals surface area contributed by atoms with Crippen LogP contribution in [-0.4, -0.2) is 24.7 Å². The lowest BCUT2D eigenvalue weighted by Gasteiger charge is -2.18. The minimum atomic E-state index is -0.375. The summed E-state index contributed by atoms with van der Waals surface area (Å²) < 4.78 is 13.4. The van der Waals surface area contributed by atoms with Gasteiger partial charge in [0.25, 0.3) is 0 Å². The molecule has 0 bridgehead atoms. The van der Waals surface area contributed by atoms with E-state index in [0.29, 0.717) is 18.0 Å². The van der Waals surface area contributed by atoms with Crippen LogP contribution in [0.25, 0.3) is 0 Å². The van der Waals surface area contributed by atoms with E-state index in [-0.39, 0.29) is 12.4 Å². The van der Waals surface area contributed by atoms with E-state index in [9.17, 15) is 4.39 Å². The number of hydrogen-bond donors (Lipinski definition) is 3. The van der Waals surface area contributed by atoms with Crippen molar-refractivity contribution in [3.05, 3.63) is 35.1 Å². The molecule has 0 heterocycles. The predicted molar refractivity (Wildman–Crippen MR) is 93.8 cm³/mol. The second kappa shape index (κ2) is 11.0. The smallest absolute Gasteiger partial charge is 0.191 e. The zero-order valence-electron chi connectivity index (χ0n) is 14.5. The van der Waals surface area contributed by atoms with E-state index in [1.165, 1.54) is 25.3 Å². The lowest BCUT2D eigenvalue weighted by atomic mass is 9.99. The summed E-state index contributed by atoms with van der Waals surface area (Å²) in [6, 6.07) is 4.77. The van der Waals surface area contributed by atoms with Crippen LogP contribution >= 0.6 is 0 Å². The Balaban J connectivity index is 2.47. The minimum absolute atomic E-state index is 0.289. The van der Waals surface area contributed by atoms with Gasteiger partial charge in [-0.15, -0.1) is 0 Å². The Morgan fingerprint density at radius 1 is 1.30 bits per heavy atom. The van der Waals surface area contributed by atoms with Gasteiger partial charge < -0.3 is 15.7 Å². The highest BCUT2D eigenvalue weighted by molar-refractivity contribution is 5.79. The summed E-state index contributed by atoms with van der Waals surface area (Å²) in [6.45, 7) is 5.58. The Morgan fingerprint density at radius 3 is 2.70 bits per heavy atom. The molecule has 0 amide bonds. The van der Waals surface area contributed by atoms with Gasteiger partial charge in [0.05, 0.1) is 6.61 Å². The molecule has 0 aliphatic rings. The lowest BCUT2D eigenvalue weighted by Crippen LogP contribution is -2.39. The van der Waals surface area contributed by atoms with Crippen LogP contribution in [-0.2, 0) is 13.2 Å². The Kier molecular flexibility index (Phi) is 9.29. The monoisotopic (exact) mass is 323 g/mol. The number of guanidine groups is 1. The van der Waals surface area contributed by atoms with Crippen LogP contribution in [0.4, 0.5) is 4.39 Å². The van der Waals surface area contributed by atoms with Gasteiger partial charge in [-0.1, -0.05) is 39.2 Å². The largest absolute Gasteiger partial charge is 0.392 e. The van der Waals surface area contributed by atoms with Crippen LogP contribution in [0, 0.1) is 11.7 Å². The van der Waals surface area contributed by atoms with Crippen molar-refractivity contribution in [1.29, 1.82) is 0 Å². The van der Waals surface area contributed by atoms with Gasteiger partial charge in [-0.3, -0.25) is 4.99 Å². The van der Waals surface area contributed by atoms with Crippen molar-refractivity contribution in [2.45, 2.75) is 52.7 Å². The summed E-state index contributed by atoms with van der Waals surface area (Å²) >= 11 is 0. The summed E-state index contributed by atoms with van der Waals surface area (Å²) in [5.41, 5.74) is 1.23. The van der Waals surface area contributed by atoms with Crippen LogP contribution in [0.1, 0.15) is 50.7 Å². The molecule has 5 heteroatoms. The normalized spacial score (nSPS) is 13.0. The summed E-state index contributed by atoms with van der Waals surface area (Å²) in [5.74, 6) is 1.02. The van der Waals surface area contributed by atoms with Crippen LogP contribution in [0.3, 0.4) is 0 Å². The van der Waals surface area contributed by atoms with Crippen molar-refractivity contribution in [2.24, 2.45) is 10.9 Å². The molecule has 1 rings (SSSR count). The van der Waals surface area contributed by atoms with Crippen LogP contribution in [0.5, 0.6) is 0 Å². The first kappa shape index (κ1) is 19.4. The number of unbranched alkanes of at least 4 members (excludes halogenated alkanes) is 1. The Bertz CT molecular complexity index is 491. The standard InChI is InChI=1S/C18H30FN3O/c1-4-6-7-14(5-2)11-21-18(20-3)22-12-15-8-9-17(19)16(10-15)13-23/h8-10,14,23H,4-7,11-13H2,1-3H3,(H2,20,21,22). The highest BCUT2D eigenvalue weighted by Crippen LogP contribution is 2.12. The number of aliphatic imine (C=N–C) groups is 1. The molecule has 0 saturated heterocycles. The molecular weight excluding hydrogens is 293 g/mol. The fraction of sp³-hybridized carbons (Fsp3) is 0.611. The quantitative estimate of drug-likeness (QED) is 0.483. The van der Waals surface area contributed by atoms with Crippen LogP contribution in [0.2, 0.25) is 0 Å². The van der Waals surface area contributed by atoms with Gasteiger partial charge in [0, 0.05) is 25.7 Å². The molecule has 0 spiro atoms. The van der Waals surface area contributed by atoms with Gasteiger partial charge >= 0.3 is 0 Å². The van der Waals surface area contributed by atoms with Crippen LogP contribution < -0.4 is 10.6 Å². The van der Waals surface area contributed by atoms with Crippen molar-refractivity contribution >= 4 is 5.96 Å². The molecule has 1 unspecified atom stereocenters. The van der Waals surface area contributed by atoms with E-state index >= 15 is 0 Å². The molecule has 0 radical (unpaired) electrons. The van der Waals surface area contributed by atoms with Crippen LogP contribution in [0.15, 0.2) is 23.2 Å². The molecule has 0 saturated carbocycles. The third-order valence-electron chi connectivity index (χ3n) is 4.07. The average molecular weight is 323 g/mol. The van der Waals surface area contributed by atoms with Crippen molar-refractivity contribution in [3.8, 4) is 0 Å². The SMILES string of the molecule is CCCCC(CC)CNC(=NC)NCc1ccc(F)c(CO)c1. The summed E-state index contributed by atoms with van der Waals surface area (Å²) in [4.78, 5) is 4.22. The molecule has 4 nitrogen and oxygen atoms in total. The molecule has 0 aliphatic carbocycles. The number of hydrogen-bond acceptors (Lipinski definition) is 2. The molecule has 0 aromatic heterocycles. The second-order valence-corrected chi connectivity index (χ2v) is 5.81. The Morgan fingerprint density at radius 2 is 2.09 bits per heavy atom. The highest BCUT2D eigenvalue weighted by atomic mass is 19.1. The van der Waals surface area contributed by atoms with E-state index in [1.807, 2.05) is 0 Å². The highest BCUT2D eigenvalue weighted by Gasteiger charge is 2.07. The molecule has 1 aromatic rings. The van der Waals surface area contributed by atoms with E-state index in [1.54, 1.807) is 19.2 Å². The first-order valence-corrected chi connectivity index (χ1v) is 8.47. The van der Waals surface area contributed by atoms with Gasteiger partial charge in [0.15, 0.2) is 5.96 Å². The number of halogens is 1. The topological polar surface area (TPSA) is 56.7 Å². The number of aliphatic hydroxyl groups is 1. The molecule has 0 fully saturated rings. The number of benzene rings is 1. The molecule has 0 aliphatic heterocycles. The third-order valence-corrected chi connectivity index (χ3v) is 4.07. The van der Waals surface area contributed by atoms with E-state index in [2.05, 4.69) is 29.5 Å². The summed E-state index contributed by atoms with van der Waals surface area (Å²) in [7, 11) is 1.74. The van der Waals surface area contributed by atoms with Crippen molar-refractivity contribution in [3.63, 3.8) is 0 Å². The number of nitrogens with one attached hydrogen (secondary N) is 2. The summed E-state index contributed by atoms with van der Waals surface area (Å²) in [6.07, 6.45) is 4.86. The molecular formula is C18H30FN3O. The Hall–Kier alpha value is -1.62. The third kappa shape index (κ3) is 6.99.